The van der Waals surface area contributed by atoms with E-state index in [1.54, 1.807) is 69.8 Å². The van der Waals surface area contributed by atoms with Crippen LogP contribution in [0.4, 0.5) is 17.1 Å². The number of hydrogen-bond donors (Lipinski definition) is 1. The number of aromatic nitrogens is 6. The molecular formula is C54H21N15O9S3. The Balaban J connectivity index is 0.00000101. The molecule has 81 heavy (non-hydrogen) atoms. The lowest BCUT2D eigenvalue weighted by Gasteiger charge is -2.14. The average Bonchev–Trinajstić information content (AvgIpc) is 4.11. The second kappa shape index (κ2) is 22.4. The summed E-state index contributed by atoms with van der Waals surface area (Å²) in [6.45, 7) is 24.4. The predicted octanol–water partition coefficient (Wildman–Crippen LogP) is 8.83. The summed E-state index contributed by atoms with van der Waals surface area (Å²) in [6, 6.07) is 42.8. The molecule has 24 nitrogen and oxygen atoms in total. The fourth-order valence-electron chi connectivity index (χ4n) is 8.90. The number of nitriles is 6. The summed E-state index contributed by atoms with van der Waals surface area (Å²) in [5.41, 5.74) is 1.09. The first-order chi connectivity index (χ1) is 38.9. The Morgan fingerprint density at radius 2 is 0.765 bits per heavy atom. The largest absolute Gasteiger partial charge is 0.425 e. The molecular weight excluding hydrogens is 1100 g/mol. The Labute approximate surface area is 459 Å². The minimum atomic E-state index is -4.74. The highest BCUT2D eigenvalue weighted by molar-refractivity contribution is 7.85. The number of imidazole rings is 3. The minimum Gasteiger partial charge on any atom is -0.291 e. The van der Waals surface area contributed by atoms with E-state index in [1.165, 1.54) is 53.1 Å². The summed E-state index contributed by atoms with van der Waals surface area (Å²) in [4.78, 5) is 26.4. The monoisotopic (exact) mass is 1120 g/mol. The zero-order chi connectivity index (χ0) is 58.4. The normalized spacial score (nSPS) is 10.3. The quantitative estimate of drug-likeness (QED) is 0.115. The second-order valence-electron chi connectivity index (χ2n) is 16.2. The van der Waals surface area contributed by atoms with E-state index in [1.807, 2.05) is 12.1 Å². The zero-order valence-electron chi connectivity index (χ0n) is 40.2. The lowest BCUT2D eigenvalue weighted by molar-refractivity contribution is 0.483. The summed E-state index contributed by atoms with van der Waals surface area (Å²) >= 11 is 0. The van der Waals surface area contributed by atoms with Gasteiger partial charge in [-0.15, -0.1) is 25.3 Å². The molecule has 0 atom stereocenters. The van der Waals surface area contributed by atoms with Crippen LogP contribution in [0.3, 0.4) is 0 Å². The van der Waals surface area contributed by atoms with Gasteiger partial charge in [-0.1, -0.05) is 36.4 Å². The third-order valence-electron chi connectivity index (χ3n) is 11.9. The number of rotatable bonds is 7. The van der Waals surface area contributed by atoms with E-state index in [0.29, 0.717) is 11.4 Å². The van der Waals surface area contributed by atoms with Gasteiger partial charge in [-0.3, -0.25) is 18.3 Å². The van der Waals surface area contributed by atoms with Crippen molar-refractivity contribution < 1.29 is 38.2 Å². The maximum Gasteiger partial charge on any atom is 0.425 e. The molecule has 0 amide bonds. The molecule has 7 aromatic carbocycles. The van der Waals surface area contributed by atoms with Gasteiger partial charge < -0.3 is 0 Å². The van der Waals surface area contributed by atoms with Gasteiger partial charge >= 0.3 is 21.2 Å². The van der Waals surface area contributed by atoms with Gasteiger partial charge in [0.15, 0.2) is 5.69 Å². The van der Waals surface area contributed by atoms with Crippen LogP contribution in [-0.4, -0.2) is 66.9 Å². The van der Waals surface area contributed by atoms with Crippen LogP contribution in [-0.2, 0) is 31.3 Å². The van der Waals surface area contributed by atoms with E-state index in [-0.39, 0.29) is 123 Å². The SMILES string of the molecule is O=S(=O)=O.O=S(=O)=O.[C-]#[N+]c1cc(C#N)c(-c2nc3c(c4nc(-c5c(C#N)cc(C#N)cc5[N+]#[C-])n(-c5ccc(S(=O)(=O)O)cc5)c4c4nc(-c5c(C#N)cc(C#N)cc5[N+]#[C-])n(-c5ccccc5)c34)n2-c2ccccc2)c(C#N)c1. The molecule has 0 unspecified atom stereocenters. The van der Waals surface area contributed by atoms with Crippen LogP contribution in [0.1, 0.15) is 33.4 Å². The number of hydrogen-bond acceptors (Lipinski definition) is 17. The van der Waals surface area contributed by atoms with Crippen LogP contribution in [0.15, 0.2) is 126 Å². The summed E-state index contributed by atoms with van der Waals surface area (Å²) in [5, 5.41) is 62.9. The molecule has 3 aromatic heterocycles. The van der Waals surface area contributed by atoms with E-state index in [2.05, 4.69) is 38.8 Å². The maximum absolute atomic E-state index is 12.5. The van der Waals surface area contributed by atoms with Gasteiger partial charge in [0.25, 0.3) is 10.1 Å². The molecule has 0 aliphatic heterocycles. The van der Waals surface area contributed by atoms with Crippen LogP contribution in [0.2, 0.25) is 0 Å². The molecule has 0 aliphatic carbocycles. The van der Waals surface area contributed by atoms with Gasteiger partial charge in [0, 0.05) is 39.3 Å². The highest BCUT2D eigenvalue weighted by Crippen LogP contribution is 2.48. The first kappa shape index (κ1) is 54.8. The summed E-state index contributed by atoms with van der Waals surface area (Å²) in [5.74, 6) is -0.0708. The number of fused-ring (bicyclic) bond motifs is 6. The molecule has 10 aromatic rings. The Hall–Kier alpha value is -12.5. The topological polar surface area (TPSA) is 366 Å². The minimum absolute atomic E-state index is 0.00338. The van der Waals surface area contributed by atoms with Crippen LogP contribution >= 0.6 is 0 Å². The molecule has 0 bridgehead atoms. The van der Waals surface area contributed by atoms with Gasteiger partial charge in [0.05, 0.1) is 88.8 Å². The van der Waals surface area contributed by atoms with Crippen molar-refractivity contribution in [3.63, 3.8) is 0 Å². The first-order valence-electron chi connectivity index (χ1n) is 22.1. The first-order valence-corrected chi connectivity index (χ1v) is 25.6. The van der Waals surface area contributed by atoms with Crippen molar-refractivity contribution >= 4 is 81.5 Å². The van der Waals surface area contributed by atoms with E-state index < -0.39 is 36.2 Å². The van der Waals surface area contributed by atoms with E-state index in [9.17, 15) is 44.5 Å². The van der Waals surface area contributed by atoms with Gasteiger partial charge in [0.1, 0.15) is 50.6 Å². The van der Waals surface area contributed by atoms with Gasteiger partial charge in [0.2, 0.25) is 11.4 Å². The third-order valence-corrected chi connectivity index (χ3v) is 12.7. The molecule has 0 spiro atoms. The highest BCUT2D eigenvalue weighted by atomic mass is 32.2. The maximum atomic E-state index is 12.5. The predicted molar refractivity (Wildman–Crippen MR) is 283 cm³/mol. The Kier molecular flexibility index (Phi) is 15.1. The summed E-state index contributed by atoms with van der Waals surface area (Å²) in [7, 11) is -11.0. The van der Waals surface area contributed by atoms with Crippen molar-refractivity contribution in [1.82, 2.24) is 28.7 Å². The molecule has 0 aliphatic rings. The van der Waals surface area contributed by atoms with Gasteiger partial charge in [-0.25, -0.2) is 29.5 Å². The molecule has 0 fully saturated rings. The van der Waals surface area contributed by atoms with Crippen LogP contribution in [0, 0.1) is 87.7 Å². The number of nitrogens with zero attached hydrogens (tertiary/aromatic N) is 15. The molecule has 384 valence electrons. The Morgan fingerprint density at radius 3 is 1.06 bits per heavy atom. The van der Waals surface area contributed by atoms with Crippen LogP contribution in [0.25, 0.3) is 98.9 Å². The van der Waals surface area contributed by atoms with Crippen molar-refractivity contribution in [1.29, 1.82) is 31.6 Å². The van der Waals surface area contributed by atoms with Crippen LogP contribution in [0.5, 0.6) is 0 Å². The van der Waals surface area contributed by atoms with Gasteiger partial charge in [-0.2, -0.15) is 40.0 Å². The Morgan fingerprint density at radius 1 is 0.444 bits per heavy atom. The molecule has 0 saturated heterocycles. The van der Waals surface area contributed by atoms with Crippen molar-refractivity contribution in [2.24, 2.45) is 0 Å². The number of benzene rings is 7. The van der Waals surface area contributed by atoms with E-state index in [0.717, 1.165) is 12.1 Å². The molecule has 3 heterocycles. The lowest BCUT2D eigenvalue weighted by atomic mass is 10.00. The fraction of sp³-hybridized carbons (Fsp3) is 0. The Bertz CT molecular complexity index is 4940. The second-order valence-corrected chi connectivity index (χ2v) is 18.4. The highest BCUT2D eigenvalue weighted by Gasteiger charge is 2.34. The standard InChI is InChI=1S/C54H21N15O3S.2O3S/c1-61-36-22-34(28-59)43(35(23-36)29-60)52-64-46-49(67(52)37-10-6-4-7-11-37)47-51(48-50(46)68(38-12-8-5-9-13-38)53(65-48)44-32(26-57)18-30(24-55)20-41(44)62-2)69(39-14-16-40(17-15-39)73(70,71)72)54(66-47)45-33(27-58)19-31(25-56)21-42(45)63-3;2*1-4(2)3/h4-23H,(H,70,71,72);;. The average molecular weight is 1120 g/mol. The van der Waals surface area contributed by atoms with Crippen molar-refractivity contribution in [2.45, 2.75) is 4.90 Å². The lowest BCUT2D eigenvalue weighted by Crippen LogP contribution is -2.03. The molecule has 0 saturated carbocycles. The molecule has 10 rings (SSSR count). The third kappa shape index (κ3) is 10.1. The number of para-hydroxylation sites is 2. The van der Waals surface area contributed by atoms with Crippen molar-refractivity contribution in [3.05, 3.63) is 189 Å². The van der Waals surface area contributed by atoms with E-state index >= 15 is 0 Å². The molecule has 1 N–H and O–H groups in total. The summed E-state index contributed by atoms with van der Waals surface area (Å²) < 4.78 is 90.5. The van der Waals surface area contributed by atoms with E-state index in [4.69, 9.17) is 59.9 Å². The molecule has 27 heteroatoms. The smallest absolute Gasteiger partial charge is 0.291 e. The van der Waals surface area contributed by atoms with Crippen molar-refractivity contribution in [2.75, 3.05) is 0 Å². The summed E-state index contributed by atoms with van der Waals surface area (Å²) in [6.07, 6.45) is 0. The van der Waals surface area contributed by atoms with Crippen molar-refractivity contribution in [3.8, 4) is 87.6 Å². The fourth-order valence-corrected chi connectivity index (χ4v) is 9.38. The zero-order valence-corrected chi connectivity index (χ0v) is 42.6. The molecule has 0 radical (unpaired) electrons. The van der Waals surface area contributed by atoms with Crippen LogP contribution < -0.4 is 0 Å². The van der Waals surface area contributed by atoms with Gasteiger partial charge in [-0.05, 0) is 84.9 Å².